The molecule has 0 radical (unpaired) electrons. The molecule has 2 aliphatic rings. The first-order valence-electron chi connectivity index (χ1n) is 23.4. The lowest BCUT2D eigenvalue weighted by Gasteiger charge is -2.30. The van der Waals surface area contributed by atoms with Gasteiger partial charge in [0, 0.05) is 47.6 Å². The van der Waals surface area contributed by atoms with E-state index in [2.05, 4.69) is 206 Å². The molecule has 13 aromatic rings. The SMILES string of the molecule is c1ccc(-c2ccc(-c3nc(-c4cccc5c4sc4ccccc45)nc(-c4cccc5oc6ccc(-c7ccc8c(c7)C7(c9ccccc9-c9ccccc97)c7ccccc7-8)cc6c45)n3)cc2)cc1. The van der Waals surface area contributed by atoms with Crippen molar-refractivity contribution >= 4 is 53.4 Å². The first-order chi connectivity index (χ1) is 34.2. The third kappa shape index (κ3) is 5.53. The summed E-state index contributed by atoms with van der Waals surface area (Å²) in [6, 6.07) is 80.9. The highest BCUT2D eigenvalue weighted by Crippen LogP contribution is 2.63. The van der Waals surface area contributed by atoms with E-state index in [1.54, 1.807) is 11.3 Å². The fourth-order valence-corrected chi connectivity index (χ4v) is 12.8. The number of nitrogens with zero attached hydrogens (tertiary/aromatic N) is 3. The van der Waals surface area contributed by atoms with Crippen LogP contribution in [0.25, 0.3) is 121 Å². The highest BCUT2D eigenvalue weighted by atomic mass is 32.1. The largest absolute Gasteiger partial charge is 0.456 e. The first-order valence-corrected chi connectivity index (χ1v) is 24.2. The maximum Gasteiger partial charge on any atom is 0.165 e. The van der Waals surface area contributed by atoms with Crippen LogP contribution in [-0.4, -0.2) is 15.0 Å². The quantitative estimate of drug-likeness (QED) is 0.173. The molecule has 0 atom stereocenters. The van der Waals surface area contributed by atoms with Gasteiger partial charge in [-0.05, 0) is 103 Å². The lowest BCUT2D eigenvalue weighted by molar-refractivity contribution is 0.669. The van der Waals surface area contributed by atoms with E-state index in [-0.39, 0.29) is 0 Å². The lowest BCUT2D eigenvalue weighted by atomic mass is 9.70. The van der Waals surface area contributed by atoms with Gasteiger partial charge >= 0.3 is 0 Å². The molecule has 3 aromatic heterocycles. The van der Waals surface area contributed by atoms with E-state index < -0.39 is 5.41 Å². The zero-order valence-corrected chi connectivity index (χ0v) is 37.8. The third-order valence-corrected chi connectivity index (χ3v) is 15.8. The third-order valence-electron chi connectivity index (χ3n) is 14.6. The summed E-state index contributed by atoms with van der Waals surface area (Å²) in [5.41, 5.74) is 19.0. The fraction of sp³-hybridized carbons (Fsp3) is 0.0156. The first kappa shape index (κ1) is 38.3. The standard InChI is InChI=1S/C64H37N3OS/c1-2-14-38(15-3-1)39-28-30-40(31-29-39)61-65-62(67-63(66-61)50-22-12-20-48-47-19-7-11-27-58(47)69-60(48)50)49-21-13-26-57-59(49)51-36-41(33-35-56(51)68-57)42-32-34-46-45-18-6-10-25-54(45)64(55(46)37-42)52-23-8-4-16-43(52)44-17-5-9-24-53(44)64/h1-37H. The van der Waals surface area contributed by atoms with Crippen LogP contribution in [0.5, 0.6) is 0 Å². The Hall–Kier alpha value is -8.77. The van der Waals surface area contributed by atoms with Crippen molar-refractivity contribution in [3.8, 4) is 78.7 Å². The van der Waals surface area contributed by atoms with Crippen LogP contribution in [0, 0.1) is 0 Å². The summed E-state index contributed by atoms with van der Waals surface area (Å²) in [5, 5.41) is 4.41. The van der Waals surface area contributed by atoms with E-state index in [9.17, 15) is 0 Å². The average molecular weight is 896 g/mol. The minimum atomic E-state index is -0.426. The monoisotopic (exact) mass is 895 g/mol. The van der Waals surface area contributed by atoms with Crippen molar-refractivity contribution in [2.24, 2.45) is 0 Å². The molecule has 0 amide bonds. The number of fused-ring (bicyclic) bond motifs is 16. The maximum atomic E-state index is 6.68. The van der Waals surface area contributed by atoms with Gasteiger partial charge in [-0.3, -0.25) is 0 Å². The van der Waals surface area contributed by atoms with E-state index in [1.807, 2.05) is 18.2 Å². The van der Waals surface area contributed by atoms with Gasteiger partial charge in [0.15, 0.2) is 17.5 Å². The fourth-order valence-electron chi connectivity index (χ4n) is 11.6. The Bertz CT molecular complexity index is 4200. The molecule has 0 saturated heterocycles. The van der Waals surface area contributed by atoms with Crippen molar-refractivity contribution in [2.75, 3.05) is 0 Å². The van der Waals surface area contributed by atoms with Gasteiger partial charge in [-0.25, -0.2) is 15.0 Å². The van der Waals surface area contributed by atoms with Gasteiger partial charge < -0.3 is 4.42 Å². The molecule has 1 spiro atoms. The smallest absolute Gasteiger partial charge is 0.165 e. The summed E-state index contributed by atoms with van der Waals surface area (Å²) in [6.07, 6.45) is 0. The zero-order chi connectivity index (χ0) is 45.2. The summed E-state index contributed by atoms with van der Waals surface area (Å²) < 4.78 is 9.07. The lowest BCUT2D eigenvalue weighted by Crippen LogP contribution is -2.25. The minimum Gasteiger partial charge on any atom is -0.456 e. The summed E-state index contributed by atoms with van der Waals surface area (Å²) in [4.78, 5) is 16.0. The molecule has 0 unspecified atom stereocenters. The Morgan fingerprint density at radius 3 is 1.59 bits per heavy atom. The van der Waals surface area contributed by atoms with Crippen molar-refractivity contribution in [2.45, 2.75) is 5.41 Å². The maximum absolute atomic E-state index is 6.68. The molecule has 2 aliphatic carbocycles. The molecule has 0 N–H and O–H groups in total. The molecule has 69 heavy (non-hydrogen) atoms. The van der Waals surface area contributed by atoms with Crippen LogP contribution in [0.4, 0.5) is 0 Å². The molecule has 0 bridgehead atoms. The van der Waals surface area contributed by atoms with Gasteiger partial charge in [0.05, 0.1) is 5.41 Å². The summed E-state index contributed by atoms with van der Waals surface area (Å²) in [6.45, 7) is 0. The second kappa shape index (κ2) is 14.6. The molecule has 15 rings (SSSR count). The molecule has 10 aromatic carbocycles. The van der Waals surface area contributed by atoms with Crippen LogP contribution in [0.3, 0.4) is 0 Å². The van der Waals surface area contributed by atoms with Crippen LogP contribution < -0.4 is 0 Å². The Labute approximate surface area is 401 Å². The van der Waals surface area contributed by atoms with E-state index in [1.165, 1.54) is 60.0 Å². The molecular weight excluding hydrogens is 859 g/mol. The van der Waals surface area contributed by atoms with E-state index in [0.29, 0.717) is 17.5 Å². The van der Waals surface area contributed by atoms with Gasteiger partial charge in [-0.2, -0.15) is 0 Å². The molecule has 0 fully saturated rings. The second-order valence-corrected chi connectivity index (χ2v) is 19.2. The van der Waals surface area contributed by atoms with Crippen molar-refractivity contribution < 1.29 is 4.42 Å². The Morgan fingerprint density at radius 1 is 0.319 bits per heavy atom. The van der Waals surface area contributed by atoms with E-state index in [4.69, 9.17) is 19.4 Å². The van der Waals surface area contributed by atoms with Crippen LogP contribution in [0.15, 0.2) is 229 Å². The van der Waals surface area contributed by atoms with Crippen LogP contribution >= 0.6 is 11.3 Å². The molecule has 3 heterocycles. The highest BCUT2D eigenvalue weighted by Gasteiger charge is 2.51. The Balaban J connectivity index is 0.919. The number of aromatic nitrogens is 3. The molecule has 320 valence electrons. The predicted octanol–water partition coefficient (Wildman–Crippen LogP) is 16.8. The van der Waals surface area contributed by atoms with Crippen LogP contribution in [-0.2, 0) is 5.41 Å². The van der Waals surface area contributed by atoms with Crippen LogP contribution in [0.2, 0.25) is 0 Å². The molecule has 0 saturated carbocycles. The summed E-state index contributed by atoms with van der Waals surface area (Å²) in [5.74, 6) is 1.84. The minimum absolute atomic E-state index is 0.426. The van der Waals surface area contributed by atoms with Gasteiger partial charge in [-0.15, -0.1) is 11.3 Å². The van der Waals surface area contributed by atoms with Crippen molar-refractivity contribution in [3.63, 3.8) is 0 Å². The topological polar surface area (TPSA) is 51.8 Å². The van der Waals surface area contributed by atoms with Gasteiger partial charge in [0.2, 0.25) is 0 Å². The summed E-state index contributed by atoms with van der Waals surface area (Å²) in [7, 11) is 0. The van der Waals surface area contributed by atoms with Crippen molar-refractivity contribution in [1.82, 2.24) is 15.0 Å². The normalized spacial score (nSPS) is 13.0. The average Bonchev–Trinajstić information content (AvgIpc) is 4.16. The van der Waals surface area contributed by atoms with E-state index >= 15 is 0 Å². The van der Waals surface area contributed by atoms with Gasteiger partial charge in [0.25, 0.3) is 0 Å². The highest BCUT2D eigenvalue weighted by molar-refractivity contribution is 7.26. The number of rotatable bonds is 5. The number of hydrogen-bond acceptors (Lipinski definition) is 5. The predicted molar refractivity (Wildman–Crippen MR) is 283 cm³/mol. The Kier molecular flexibility index (Phi) is 8.12. The van der Waals surface area contributed by atoms with Crippen molar-refractivity contribution in [1.29, 1.82) is 0 Å². The summed E-state index contributed by atoms with van der Waals surface area (Å²) >= 11 is 1.78. The number of benzene rings is 10. The molecule has 4 nitrogen and oxygen atoms in total. The zero-order valence-electron chi connectivity index (χ0n) is 37.0. The number of hydrogen-bond donors (Lipinski definition) is 0. The van der Waals surface area contributed by atoms with Crippen molar-refractivity contribution in [3.05, 3.63) is 247 Å². The van der Waals surface area contributed by atoms with Gasteiger partial charge in [0.1, 0.15) is 11.2 Å². The Morgan fingerprint density at radius 2 is 0.841 bits per heavy atom. The second-order valence-electron chi connectivity index (χ2n) is 18.2. The number of furan rings is 1. The number of thiophene rings is 1. The molecule has 5 heteroatoms. The molecular formula is C64H37N3OS. The van der Waals surface area contributed by atoms with Crippen LogP contribution in [0.1, 0.15) is 22.3 Å². The van der Waals surface area contributed by atoms with Gasteiger partial charge in [-0.1, -0.05) is 188 Å². The van der Waals surface area contributed by atoms with E-state index in [0.717, 1.165) is 65.6 Å². The molecule has 0 aliphatic heterocycles.